The van der Waals surface area contributed by atoms with E-state index in [4.69, 9.17) is 0 Å². The first-order valence-electron chi connectivity index (χ1n) is 8.18. The Balaban J connectivity index is 1.54. The van der Waals surface area contributed by atoms with Gasteiger partial charge in [0, 0.05) is 13.0 Å². The van der Waals surface area contributed by atoms with E-state index >= 15 is 0 Å². The summed E-state index contributed by atoms with van der Waals surface area (Å²) in [7, 11) is 0. The van der Waals surface area contributed by atoms with Crippen LogP contribution in [0.25, 0.3) is 0 Å². The second-order valence-electron chi connectivity index (χ2n) is 5.89. The molecule has 0 bridgehead atoms. The zero-order chi connectivity index (χ0) is 16.9. The van der Waals surface area contributed by atoms with E-state index in [1.165, 1.54) is 17.8 Å². The minimum atomic E-state index is -0.605. The first-order valence-corrected chi connectivity index (χ1v) is 9.06. The summed E-state index contributed by atoms with van der Waals surface area (Å²) >= 11 is 1.35. The van der Waals surface area contributed by atoms with Crippen LogP contribution in [0, 0.1) is 0 Å². The molecule has 1 atom stereocenters. The molecule has 0 aliphatic carbocycles. The SMILES string of the molecule is CC(NC(=O)c1cccs1)C(=O)NCc1nnc2n1CCCCC2. The second-order valence-corrected chi connectivity index (χ2v) is 6.83. The summed E-state index contributed by atoms with van der Waals surface area (Å²) in [5.41, 5.74) is 0. The molecule has 0 saturated heterocycles. The van der Waals surface area contributed by atoms with E-state index in [0.717, 1.165) is 37.5 Å². The lowest BCUT2D eigenvalue weighted by atomic mass is 10.2. The van der Waals surface area contributed by atoms with Crippen LogP contribution >= 0.6 is 11.3 Å². The van der Waals surface area contributed by atoms with Crippen LogP contribution < -0.4 is 10.6 Å². The lowest BCUT2D eigenvalue weighted by molar-refractivity contribution is -0.122. The Morgan fingerprint density at radius 2 is 2.21 bits per heavy atom. The number of hydrogen-bond acceptors (Lipinski definition) is 5. The lowest BCUT2D eigenvalue weighted by Gasteiger charge is -2.14. The van der Waals surface area contributed by atoms with Gasteiger partial charge in [0.25, 0.3) is 5.91 Å². The molecule has 8 heteroatoms. The van der Waals surface area contributed by atoms with Crippen molar-refractivity contribution in [3.8, 4) is 0 Å². The molecular formula is C16H21N5O2S. The van der Waals surface area contributed by atoms with Crippen molar-refractivity contribution in [1.29, 1.82) is 0 Å². The number of thiophene rings is 1. The molecule has 128 valence electrons. The van der Waals surface area contributed by atoms with Gasteiger partial charge in [-0.25, -0.2) is 0 Å². The van der Waals surface area contributed by atoms with E-state index in [0.29, 0.717) is 11.4 Å². The summed E-state index contributed by atoms with van der Waals surface area (Å²) in [5.74, 6) is 1.31. The molecule has 3 rings (SSSR count). The van der Waals surface area contributed by atoms with Crippen molar-refractivity contribution in [2.45, 2.75) is 51.7 Å². The third kappa shape index (κ3) is 3.81. The number of aryl methyl sites for hydroxylation is 1. The molecule has 2 aromatic heterocycles. The van der Waals surface area contributed by atoms with Crippen LogP contribution in [0.15, 0.2) is 17.5 Å². The summed E-state index contributed by atoms with van der Waals surface area (Å²) in [6.07, 6.45) is 4.38. The fraction of sp³-hybridized carbons (Fsp3) is 0.500. The van der Waals surface area contributed by atoms with E-state index in [-0.39, 0.29) is 11.8 Å². The molecule has 1 aliphatic heterocycles. The van der Waals surface area contributed by atoms with E-state index in [2.05, 4.69) is 25.4 Å². The summed E-state index contributed by atoms with van der Waals surface area (Å²) in [6, 6.07) is 2.93. The van der Waals surface area contributed by atoms with E-state index in [9.17, 15) is 9.59 Å². The van der Waals surface area contributed by atoms with Gasteiger partial charge in [-0.05, 0) is 31.2 Å². The van der Waals surface area contributed by atoms with Gasteiger partial charge in [-0.15, -0.1) is 21.5 Å². The van der Waals surface area contributed by atoms with Crippen LogP contribution in [0.1, 0.15) is 47.5 Å². The third-order valence-corrected chi connectivity index (χ3v) is 4.96. The standard InChI is InChI=1S/C16H21N5O2S/c1-11(18-16(23)12-6-5-9-24-12)15(22)17-10-14-20-19-13-7-3-2-4-8-21(13)14/h5-6,9,11H,2-4,7-8,10H2,1H3,(H,17,22)(H,18,23). The first kappa shape index (κ1) is 16.6. The van der Waals surface area contributed by atoms with Gasteiger partial charge in [0.1, 0.15) is 11.9 Å². The Bertz CT molecular complexity index is 710. The van der Waals surface area contributed by atoms with E-state index in [1.807, 2.05) is 5.38 Å². The number of rotatable bonds is 5. The lowest BCUT2D eigenvalue weighted by Crippen LogP contribution is -2.44. The molecule has 0 aromatic carbocycles. The average Bonchev–Trinajstić information content (AvgIpc) is 3.18. The Labute approximate surface area is 144 Å². The molecule has 0 saturated carbocycles. The number of amides is 2. The molecule has 0 radical (unpaired) electrons. The highest BCUT2D eigenvalue weighted by atomic mass is 32.1. The molecule has 0 fully saturated rings. The molecule has 2 aromatic rings. The highest BCUT2D eigenvalue weighted by Crippen LogP contribution is 2.14. The van der Waals surface area contributed by atoms with Crippen LogP contribution in [-0.4, -0.2) is 32.6 Å². The van der Waals surface area contributed by atoms with Crippen LogP contribution in [-0.2, 0) is 24.3 Å². The Hall–Kier alpha value is -2.22. The van der Waals surface area contributed by atoms with Crippen molar-refractivity contribution in [3.05, 3.63) is 34.0 Å². The zero-order valence-corrected chi connectivity index (χ0v) is 14.4. The number of fused-ring (bicyclic) bond motifs is 1. The van der Waals surface area contributed by atoms with Crippen LogP contribution in [0.5, 0.6) is 0 Å². The highest BCUT2D eigenvalue weighted by Gasteiger charge is 2.19. The number of hydrogen-bond donors (Lipinski definition) is 2. The van der Waals surface area contributed by atoms with Crippen LogP contribution in [0.3, 0.4) is 0 Å². The highest BCUT2D eigenvalue weighted by molar-refractivity contribution is 7.12. The number of nitrogens with zero attached hydrogens (tertiary/aromatic N) is 3. The van der Waals surface area contributed by atoms with E-state index in [1.54, 1.807) is 19.1 Å². The normalized spacial score (nSPS) is 15.2. The zero-order valence-electron chi connectivity index (χ0n) is 13.6. The van der Waals surface area contributed by atoms with Gasteiger partial charge in [0.05, 0.1) is 11.4 Å². The summed E-state index contributed by atoms with van der Waals surface area (Å²) in [5, 5.41) is 15.8. The smallest absolute Gasteiger partial charge is 0.261 e. The van der Waals surface area contributed by atoms with Gasteiger partial charge >= 0.3 is 0 Å². The summed E-state index contributed by atoms with van der Waals surface area (Å²) in [4.78, 5) is 24.8. The summed E-state index contributed by atoms with van der Waals surface area (Å²) < 4.78 is 2.10. The van der Waals surface area contributed by atoms with Crippen molar-refractivity contribution in [2.24, 2.45) is 0 Å². The van der Waals surface area contributed by atoms with Gasteiger partial charge in [0.2, 0.25) is 5.91 Å². The minimum Gasteiger partial charge on any atom is -0.347 e. The van der Waals surface area contributed by atoms with Gasteiger partial charge in [0.15, 0.2) is 5.82 Å². The first-order chi connectivity index (χ1) is 11.6. The molecule has 1 aliphatic rings. The van der Waals surface area contributed by atoms with Gasteiger partial charge in [-0.3, -0.25) is 9.59 Å². The van der Waals surface area contributed by atoms with Crippen LogP contribution in [0.4, 0.5) is 0 Å². The fourth-order valence-corrected chi connectivity index (χ4v) is 3.36. The maximum atomic E-state index is 12.2. The number of carbonyl (C=O) groups excluding carboxylic acids is 2. The Morgan fingerprint density at radius 1 is 1.33 bits per heavy atom. The van der Waals surface area contributed by atoms with Gasteiger partial charge in [-0.2, -0.15) is 0 Å². The number of carbonyl (C=O) groups is 2. The fourth-order valence-electron chi connectivity index (χ4n) is 2.74. The number of aromatic nitrogens is 3. The Morgan fingerprint density at radius 3 is 3.00 bits per heavy atom. The second kappa shape index (κ2) is 7.57. The number of nitrogens with one attached hydrogen (secondary N) is 2. The van der Waals surface area contributed by atoms with Gasteiger partial charge < -0.3 is 15.2 Å². The van der Waals surface area contributed by atoms with Crippen molar-refractivity contribution in [3.63, 3.8) is 0 Å². The minimum absolute atomic E-state index is 0.231. The topological polar surface area (TPSA) is 88.9 Å². The maximum Gasteiger partial charge on any atom is 0.261 e. The van der Waals surface area contributed by atoms with Crippen molar-refractivity contribution in [1.82, 2.24) is 25.4 Å². The molecule has 2 amide bonds. The van der Waals surface area contributed by atoms with Gasteiger partial charge in [-0.1, -0.05) is 12.5 Å². The quantitative estimate of drug-likeness (QED) is 0.858. The Kier molecular flexibility index (Phi) is 5.24. The third-order valence-electron chi connectivity index (χ3n) is 4.09. The molecule has 7 nitrogen and oxygen atoms in total. The van der Waals surface area contributed by atoms with Crippen molar-refractivity contribution in [2.75, 3.05) is 0 Å². The largest absolute Gasteiger partial charge is 0.347 e. The predicted molar refractivity (Wildman–Crippen MR) is 90.7 cm³/mol. The molecule has 2 N–H and O–H groups in total. The molecular weight excluding hydrogens is 326 g/mol. The monoisotopic (exact) mass is 347 g/mol. The summed E-state index contributed by atoms with van der Waals surface area (Å²) in [6.45, 7) is 2.90. The molecule has 3 heterocycles. The predicted octanol–water partition coefficient (Wildman–Crippen LogP) is 1.50. The van der Waals surface area contributed by atoms with Crippen molar-refractivity contribution >= 4 is 23.2 Å². The van der Waals surface area contributed by atoms with E-state index < -0.39 is 6.04 Å². The van der Waals surface area contributed by atoms with Crippen LogP contribution in [0.2, 0.25) is 0 Å². The molecule has 0 spiro atoms. The molecule has 24 heavy (non-hydrogen) atoms. The van der Waals surface area contributed by atoms with Crippen molar-refractivity contribution < 1.29 is 9.59 Å². The molecule has 1 unspecified atom stereocenters. The maximum absolute atomic E-state index is 12.2. The average molecular weight is 347 g/mol.